The Morgan fingerprint density at radius 1 is 1.58 bits per heavy atom. The number of carbonyl (C=O) groups excluding carboxylic acids is 1. The molecule has 1 aliphatic heterocycles. The van der Waals surface area contributed by atoms with Gasteiger partial charge in [-0.3, -0.25) is 0 Å². The van der Waals surface area contributed by atoms with Crippen LogP contribution >= 0.6 is 23.5 Å². The maximum absolute atomic E-state index is 10.6. The predicted molar refractivity (Wildman–Crippen MR) is 53.4 cm³/mol. The minimum Gasteiger partial charge on any atom is -0.459 e. The van der Waals surface area contributed by atoms with Crippen LogP contribution in [0.4, 0.5) is 0 Å². The van der Waals surface area contributed by atoms with E-state index in [2.05, 4.69) is 16.6 Å². The fourth-order valence-corrected chi connectivity index (χ4v) is 3.18. The highest BCUT2D eigenvalue weighted by Gasteiger charge is 2.11. The monoisotopic (exact) mass is 202 g/mol. The average molecular weight is 202 g/mol. The van der Waals surface area contributed by atoms with Gasteiger partial charge in [0.25, 0.3) is 0 Å². The first-order chi connectivity index (χ1) is 5.83. The quantitative estimate of drug-likeness (QED) is 0.333. The number of rotatable bonds is 0. The van der Waals surface area contributed by atoms with Crippen molar-refractivity contribution in [2.24, 2.45) is 0 Å². The molecule has 1 fully saturated rings. The molecule has 0 aliphatic carbocycles. The van der Waals surface area contributed by atoms with E-state index in [1.807, 2.05) is 23.5 Å². The van der Waals surface area contributed by atoms with Gasteiger partial charge < -0.3 is 4.74 Å². The molecule has 2 nitrogen and oxygen atoms in total. The SMILES string of the molecule is COC(=O)C#CC1CSCCS1. The number of carbonyl (C=O) groups is 1. The largest absolute Gasteiger partial charge is 0.459 e. The Balaban J connectivity index is 2.35. The van der Waals surface area contributed by atoms with Crippen LogP contribution in [0.15, 0.2) is 0 Å². The fraction of sp³-hybridized carbons (Fsp3) is 0.625. The van der Waals surface area contributed by atoms with Gasteiger partial charge in [-0.2, -0.15) is 11.8 Å². The lowest BCUT2D eigenvalue weighted by atomic mass is 10.4. The Labute approximate surface area is 80.8 Å². The molecule has 1 aliphatic rings. The lowest BCUT2D eigenvalue weighted by molar-refractivity contribution is -0.133. The van der Waals surface area contributed by atoms with Crippen molar-refractivity contribution in [3.8, 4) is 11.8 Å². The van der Waals surface area contributed by atoms with Gasteiger partial charge in [-0.15, -0.1) is 11.8 Å². The van der Waals surface area contributed by atoms with E-state index in [0.717, 1.165) is 11.5 Å². The molecule has 0 spiro atoms. The van der Waals surface area contributed by atoms with Crippen molar-refractivity contribution in [3.63, 3.8) is 0 Å². The molecule has 4 heteroatoms. The van der Waals surface area contributed by atoms with Gasteiger partial charge in [0.05, 0.1) is 12.4 Å². The number of thioether (sulfide) groups is 2. The summed E-state index contributed by atoms with van der Waals surface area (Å²) in [4.78, 5) is 10.6. The molecule has 0 saturated carbocycles. The molecule has 1 rings (SSSR count). The van der Waals surface area contributed by atoms with Crippen LogP contribution in [0, 0.1) is 11.8 Å². The summed E-state index contributed by atoms with van der Waals surface area (Å²) in [6, 6.07) is 0. The molecule has 66 valence electrons. The number of hydrogen-bond donors (Lipinski definition) is 0. The van der Waals surface area contributed by atoms with Gasteiger partial charge >= 0.3 is 5.97 Å². The first-order valence-corrected chi connectivity index (χ1v) is 5.82. The molecule has 1 unspecified atom stereocenters. The summed E-state index contributed by atoms with van der Waals surface area (Å²) in [6.07, 6.45) is 0. The highest BCUT2D eigenvalue weighted by atomic mass is 32.2. The second-order valence-electron chi connectivity index (χ2n) is 2.20. The van der Waals surface area contributed by atoms with Crippen LogP contribution in [0.1, 0.15) is 0 Å². The van der Waals surface area contributed by atoms with Crippen molar-refractivity contribution in [1.29, 1.82) is 0 Å². The predicted octanol–water partition coefficient (Wildman–Crippen LogP) is 1.01. The zero-order valence-electron chi connectivity index (χ0n) is 6.83. The lowest BCUT2D eigenvalue weighted by Gasteiger charge is -2.14. The van der Waals surface area contributed by atoms with Crippen LogP contribution < -0.4 is 0 Å². The standard InChI is InChI=1S/C8H10O2S2/c1-10-8(9)3-2-7-6-11-4-5-12-7/h7H,4-6H2,1H3. The van der Waals surface area contributed by atoms with Crippen molar-refractivity contribution in [1.82, 2.24) is 0 Å². The van der Waals surface area contributed by atoms with Crippen molar-refractivity contribution < 1.29 is 9.53 Å². The van der Waals surface area contributed by atoms with Crippen LogP contribution in [-0.4, -0.2) is 35.6 Å². The molecular weight excluding hydrogens is 192 g/mol. The van der Waals surface area contributed by atoms with Gasteiger partial charge in [0.2, 0.25) is 0 Å². The lowest BCUT2D eigenvalue weighted by Crippen LogP contribution is -2.12. The van der Waals surface area contributed by atoms with E-state index in [1.54, 1.807) is 0 Å². The maximum atomic E-state index is 10.6. The van der Waals surface area contributed by atoms with Gasteiger partial charge in [0.15, 0.2) is 0 Å². The van der Waals surface area contributed by atoms with Crippen molar-refractivity contribution in [2.45, 2.75) is 5.25 Å². The fourth-order valence-electron chi connectivity index (χ4n) is 0.762. The van der Waals surface area contributed by atoms with Crippen molar-refractivity contribution in [2.75, 3.05) is 24.4 Å². The Kier molecular flexibility index (Phi) is 4.41. The van der Waals surface area contributed by atoms with Gasteiger partial charge in [-0.25, -0.2) is 4.79 Å². The van der Waals surface area contributed by atoms with Gasteiger partial charge in [-0.05, 0) is 0 Å². The topological polar surface area (TPSA) is 26.3 Å². The van der Waals surface area contributed by atoms with Gasteiger partial charge in [0.1, 0.15) is 0 Å². The third kappa shape index (κ3) is 3.42. The third-order valence-electron chi connectivity index (χ3n) is 1.34. The number of ether oxygens (including phenoxy) is 1. The number of esters is 1. The molecule has 0 aromatic heterocycles. The normalized spacial score (nSPS) is 22.2. The summed E-state index contributed by atoms with van der Waals surface area (Å²) in [5.41, 5.74) is 0. The number of hydrogen-bond acceptors (Lipinski definition) is 4. The van der Waals surface area contributed by atoms with E-state index >= 15 is 0 Å². The minimum atomic E-state index is -0.439. The molecule has 1 atom stereocenters. The Bertz CT molecular complexity index is 211. The van der Waals surface area contributed by atoms with Crippen LogP contribution in [0.3, 0.4) is 0 Å². The maximum Gasteiger partial charge on any atom is 0.384 e. The number of methoxy groups -OCH3 is 1. The Morgan fingerprint density at radius 3 is 3.00 bits per heavy atom. The van der Waals surface area contributed by atoms with Crippen molar-refractivity contribution in [3.05, 3.63) is 0 Å². The van der Waals surface area contributed by atoms with Gasteiger partial charge in [-0.1, -0.05) is 5.92 Å². The third-order valence-corrected chi connectivity index (χ3v) is 3.99. The van der Waals surface area contributed by atoms with E-state index in [0.29, 0.717) is 5.25 Å². The van der Waals surface area contributed by atoms with Gasteiger partial charge in [0, 0.05) is 23.2 Å². The van der Waals surface area contributed by atoms with Crippen LogP contribution in [0.2, 0.25) is 0 Å². The molecular formula is C8H10O2S2. The van der Waals surface area contributed by atoms with E-state index in [9.17, 15) is 4.79 Å². The molecule has 0 aromatic carbocycles. The smallest absolute Gasteiger partial charge is 0.384 e. The second kappa shape index (κ2) is 5.39. The summed E-state index contributed by atoms with van der Waals surface area (Å²) in [5.74, 6) is 8.26. The first-order valence-electron chi connectivity index (χ1n) is 3.62. The van der Waals surface area contributed by atoms with Crippen LogP contribution in [-0.2, 0) is 9.53 Å². The van der Waals surface area contributed by atoms with E-state index in [1.165, 1.54) is 12.9 Å². The van der Waals surface area contributed by atoms with Crippen LogP contribution in [0.25, 0.3) is 0 Å². The molecule has 12 heavy (non-hydrogen) atoms. The minimum absolute atomic E-state index is 0.308. The second-order valence-corrected chi connectivity index (χ2v) is 4.66. The highest BCUT2D eigenvalue weighted by molar-refractivity contribution is 8.06. The van der Waals surface area contributed by atoms with Crippen molar-refractivity contribution >= 4 is 29.5 Å². The van der Waals surface area contributed by atoms with E-state index < -0.39 is 5.97 Å². The Morgan fingerprint density at radius 2 is 2.42 bits per heavy atom. The molecule has 0 radical (unpaired) electrons. The highest BCUT2D eigenvalue weighted by Crippen LogP contribution is 2.22. The molecule has 0 amide bonds. The zero-order chi connectivity index (χ0) is 8.81. The van der Waals surface area contributed by atoms with Crippen LogP contribution in [0.5, 0.6) is 0 Å². The first kappa shape index (κ1) is 9.82. The van der Waals surface area contributed by atoms with E-state index in [-0.39, 0.29) is 0 Å². The molecule has 1 heterocycles. The Hall–Kier alpha value is -0.270. The average Bonchev–Trinajstić information content (AvgIpc) is 2.16. The van der Waals surface area contributed by atoms with E-state index in [4.69, 9.17) is 0 Å². The summed E-state index contributed by atoms with van der Waals surface area (Å²) in [6.45, 7) is 0. The molecule has 1 saturated heterocycles. The molecule has 0 N–H and O–H groups in total. The zero-order valence-corrected chi connectivity index (χ0v) is 8.46. The summed E-state index contributed by atoms with van der Waals surface area (Å²) in [7, 11) is 1.35. The summed E-state index contributed by atoms with van der Waals surface area (Å²) < 4.78 is 4.41. The molecule has 0 aromatic rings. The summed E-state index contributed by atoms with van der Waals surface area (Å²) in [5, 5.41) is 0.308. The summed E-state index contributed by atoms with van der Waals surface area (Å²) >= 11 is 3.70. The molecule has 0 bridgehead atoms.